The normalized spacial score (nSPS) is 9.44. The van der Waals surface area contributed by atoms with Crippen molar-refractivity contribution in [3.63, 3.8) is 0 Å². The van der Waals surface area contributed by atoms with E-state index in [0.29, 0.717) is 5.88 Å². The van der Waals surface area contributed by atoms with Gasteiger partial charge >= 0.3 is 0 Å². The van der Waals surface area contributed by atoms with Gasteiger partial charge in [-0.05, 0) is 12.1 Å². The molecule has 48 valence electrons. The van der Waals surface area contributed by atoms with Gasteiger partial charge in [0.15, 0.2) is 0 Å². The van der Waals surface area contributed by atoms with E-state index >= 15 is 0 Å². The molecule has 0 aliphatic carbocycles. The van der Waals surface area contributed by atoms with Gasteiger partial charge in [0, 0.05) is 10.8 Å². The lowest BCUT2D eigenvalue weighted by molar-refractivity contribution is 1.37. The first kappa shape index (κ1) is 6.65. The average Bonchev–Trinajstić information content (AvgIpc) is 1.91. The summed E-state index contributed by atoms with van der Waals surface area (Å²) in [4.78, 5) is 1.24. The third-order valence-corrected chi connectivity index (χ3v) is 1.77. The molecule has 0 aliphatic heterocycles. The number of hydrogen-bond donors (Lipinski definition) is 1. The van der Waals surface area contributed by atoms with Crippen LogP contribution < -0.4 is 5.73 Å². The quantitative estimate of drug-likeness (QED) is 0.498. The summed E-state index contributed by atoms with van der Waals surface area (Å²) in [5.41, 5.74) is 5.32. The van der Waals surface area contributed by atoms with Crippen LogP contribution in [0.5, 0.6) is 0 Å². The maximum Gasteiger partial charge on any atom is 0.0440 e. The second-order valence-electron chi connectivity index (χ2n) is 1.62. The van der Waals surface area contributed by atoms with Gasteiger partial charge in [-0.3, -0.25) is 0 Å². The summed E-state index contributed by atoms with van der Waals surface area (Å²) in [6, 6.07) is 10.1. The molecular formula is C7H9NS. The highest BCUT2D eigenvalue weighted by molar-refractivity contribution is 7.99. The summed E-state index contributed by atoms with van der Waals surface area (Å²) in [7, 11) is 0. The van der Waals surface area contributed by atoms with E-state index in [2.05, 4.69) is 12.1 Å². The Hall–Kier alpha value is -0.470. The fourth-order valence-electron chi connectivity index (χ4n) is 0.613. The third kappa shape index (κ3) is 2.08. The van der Waals surface area contributed by atoms with Gasteiger partial charge in [-0.2, -0.15) is 0 Å². The van der Waals surface area contributed by atoms with E-state index < -0.39 is 0 Å². The number of nitrogens with two attached hydrogens (primary N) is 1. The maximum atomic E-state index is 5.32. The highest BCUT2D eigenvalue weighted by Crippen LogP contribution is 2.13. The van der Waals surface area contributed by atoms with Crippen molar-refractivity contribution in [1.29, 1.82) is 0 Å². The molecular weight excluding hydrogens is 130 g/mol. The van der Waals surface area contributed by atoms with Crippen molar-refractivity contribution >= 4 is 11.8 Å². The smallest absolute Gasteiger partial charge is 0.0440 e. The topological polar surface area (TPSA) is 26.0 Å². The number of thioether (sulfide) groups is 1. The second kappa shape index (κ2) is 3.54. The van der Waals surface area contributed by atoms with Crippen LogP contribution in [0.4, 0.5) is 0 Å². The summed E-state index contributed by atoms with van der Waals surface area (Å²) in [5.74, 6) is 0.657. The van der Waals surface area contributed by atoms with Gasteiger partial charge in [0.25, 0.3) is 0 Å². The molecule has 1 aromatic rings. The molecule has 1 aromatic carbocycles. The predicted octanol–water partition coefficient (Wildman–Crippen LogP) is 1.69. The fourth-order valence-corrected chi connectivity index (χ4v) is 1.15. The summed E-state index contributed by atoms with van der Waals surface area (Å²) < 4.78 is 0. The van der Waals surface area contributed by atoms with Crippen LogP contribution in [-0.2, 0) is 0 Å². The molecule has 0 amide bonds. The van der Waals surface area contributed by atoms with Gasteiger partial charge in [0.2, 0.25) is 0 Å². The number of benzene rings is 1. The van der Waals surface area contributed by atoms with Crippen molar-refractivity contribution in [2.75, 3.05) is 5.88 Å². The van der Waals surface area contributed by atoms with Gasteiger partial charge in [0.1, 0.15) is 0 Å². The Morgan fingerprint density at radius 1 is 1.22 bits per heavy atom. The molecule has 0 fully saturated rings. The maximum absolute atomic E-state index is 5.32. The first-order valence-electron chi connectivity index (χ1n) is 2.81. The van der Waals surface area contributed by atoms with E-state index in [0.717, 1.165) is 0 Å². The van der Waals surface area contributed by atoms with Crippen molar-refractivity contribution in [2.45, 2.75) is 4.90 Å². The van der Waals surface area contributed by atoms with E-state index in [4.69, 9.17) is 5.73 Å². The second-order valence-corrected chi connectivity index (χ2v) is 2.72. The summed E-state index contributed by atoms with van der Waals surface area (Å²) in [5, 5.41) is 0. The van der Waals surface area contributed by atoms with Crippen molar-refractivity contribution in [3.8, 4) is 0 Å². The molecule has 1 rings (SSSR count). The Balaban J connectivity index is 2.61. The molecule has 0 atom stereocenters. The van der Waals surface area contributed by atoms with Crippen LogP contribution in [0.3, 0.4) is 0 Å². The van der Waals surface area contributed by atoms with Crippen LogP contribution in [0.15, 0.2) is 35.2 Å². The molecule has 0 saturated heterocycles. The highest BCUT2D eigenvalue weighted by atomic mass is 32.2. The minimum absolute atomic E-state index is 0.657. The lowest BCUT2D eigenvalue weighted by Gasteiger charge is -1.93. The molecule has 0 aromatic heterocycles. The van der Waals surface area contributed by atoms with Crippen molar-refractivity contribution in [1.82, 2.24) is 0 Å². The zero-order valence-corrected chi connectivity index (χ0v) is 5.90. The Labute approximate surface area is 59.3 Å². The van der Waals surface area contributed by atoms with E-state index in [1.54, 1.807) is 11.8 Å². The van der Waals surface area contributed by atoms with E-state index in [1.807, 2.05) is 18.2 Å². The zero-order valence-electron chi connectivity index (χ0n) is 5.08. The average molecular weight is 139 g/mol. The fraction of sp³-hybridized carbons (Fsp3) is 0.143. The molecule has 0 bridgehead atoms. The van der Waals surface area contributed by atoms with Crippen molar-refractivity contribution in [3.05, 3.63) is 30.3 Å². The molecule has 0 unspecified atom stereocenters. The molecule has 1 nitrogen and oxygen atoms in total. The van der Waals surface area contributed by atoms with Gasteiger partial charge < -0.3 is 5.73 Å². The zero-order chi connectivity index (χ0) is 6.53. The Morgan fingerprint density at radius 3 is 2.44 bits per heavy atom. The Morgan fingerprint density at radius 2 is 1.89 bits per heavy atom. The van der Waals surface area contributed by atoms with Gasteiger partial charge in [-0.15, -0.1) is 11.8 Å². The molecule has 9 heavy (non-hydrogen) atoms. The molecule has 0 spiro atoms. The minimum atomic E-state index is 0.657. The highest BCUT2D eigenvalue weighted by Gasteiger charge is 1.85. The van der Waals surface area contributed by atoms with Crippen LogP contribution in [0.1, 0.15) is 0 Å². The van der Waals surface area contributed by atoms with E-state index in [9.17, 15) is 0 Å². The first-order valence-corrected chi connectivity index (χ1v) is 3.80. The van der Waals surface area contributed by atoms with E-state index in [-0.39, 0.29) is 0 Å². The number of hydrogen-bond acceptors (Lipinski definition) is 2. The van der Waals surface area contributed by atoms with Crippen molar-refractivity contribution in [2.24, 2.45) is 5.73 Å². The van der Waals surface area contributed by atoms with E-state index in [1.165, 1.54) is 4.90 Å². The summed E-state index contributed by atoms with van der Waals surface area (Å²) in [6.07, 6.45) is 0. The van der Waals surface area contributed by atoms with Gasteiger partial charge in [-0.1, -0.05) is 18.2 Å². The lowest BCUT2D eigenvalue weighted by atomic mass is 10.4. The molecule has 2 N–H and O–H groups in total. The van der Waals surface area contributed by atoms with Crippen LogP contribution >= 0.6 is 11.8 Å². The lowest BCUT2D eigenvalue weighted by Crippen LogP contribution is -1.90. The molecule has 0 saturated carbocycles. The first-order chi connectivity index (χ1) is 4.43. The Kier molecular flexibility index (Phi) is 2.61. The third-order valence-electron chi connectivity index (χ3n) is 0.993. The van der Waals surface area contributed by atoms with Crippen molar-refractivity contribution < 1.29 is 0 Å². The Bertz CT molecular complexity index is 162. The SMILES string of the molecule is NCSc1ccccc1. The number of rotatable bonds is 2. The van der Waals surface area contributed by atoms with Crippen LogP contribution in [0.2, 0.25) is 0 Å². The van der Waals surface area contributed by atoms with Gasteiger partial charge in [-0.25, -0.2) is 0 Å². The summed E-state index contributed by atoms with van der Waals surface area (Å²) >= 11 is 1.65. The van der Waals surface area contributed by atoms with Gasteiger partial charge in [0.05, 0.1) is 0 Å². The van der Waals surface area contributed by atoms with Crippen LogP contribution in [0.25, 0.3) is 0 Å². The predicted molar refractivity (Wildman–Crippen MR) is 41.4 cm³/mol. The standard InChI is InChI=1S/C7H9NS/c8-6-9-7-4-2-1-3-5-7/h1-5H,6,8H2. The van der Waals surface area contributed by atoms with Crippen LogP contribution in [0, 0.1) is 0 Å². The molecule has 2 heteroatoms. The largest absolute Gasteiger partial charge is 0.322 e. The molecule has 0 heterocycles. The minimum Gasteiger partial charge on any atom is -0.322 e. The molecule has 0 aliphatic rings. The molecule has 0 radical (unpaired) electrons. The monoisotopic (exact) mass is 139 g/mol. The summed E-state index contributed by atoms with van der Waals surface area (Å²) in [6.45, 7) is 0. The van der Waals surface area contributed by atoms with Crippen LogP contribution in [-0.4, -0.2) is 5.88 Å².